The molecule has 0 radical (unpaired) electrons. The molecule has 28 heavy (non-hydrogen) atoms. The molecular formula is C18H13ClF2N4OS2. The normalized spacial score (nSPS) is 11.2. The quantitative estimate of drug-likeness (QED) is 0.414. The van der Waals surface area contributed by atoms with Crippen LogP contribution in [0.3, 0.4) is 0 Å². The van der Waals surface area contributed by atoms with E-state index in [1.807, 2.05) is 10.8 Å². The molecule has 0 aliphatic heterocycles. The second-order valence-electron chi connectivity index (χ2n) is 5.95. The Labute approximate surface area is 171 Å². The van der Waals surface area contributed by atoms with Crippen LogP contribution in [0.5, 0.6) is 0 Å². The summed E-state index contributed by atoms with van der Waals surface area (Å²) in [5.74, 6) is -1.70. The molecule has 0 bridgehead atoms. The predicted molar refractivity (Wildman–Crippen MR) is 107 cm³/mol. The molecule has 0 saturated carbocycles. The van der Waals surface area contributed by atoms with E-state index in [-0.39, 0.29) is 11.4 Å². The Morgan fingerprint density at radius 3 is 2.82 bits per heavy atom. The fraction of sp³-hybridized carbons (Fsp3) is 0.167. The zero-order chi connectivity index (χ0) is 19.7. The number of aromatic nitrogens is 3. The lowest BCUT2D eigenvalue weighted by molar-refractivity contribution is 0.0990. The minimum Gasteiger partial charge on any atom is -0.337 e. The molecule has 0 aliphatic rings. The van der Waals surface area contributed by atoms with Crippen molar-refractivity contribution in [3.05, 3.63) is 63.8 Å². The Balaban J connectivity index is 1.65. The van der Waals surface area contributed by atoms with E-state index in [1.165, 1.54) is 11.0 Å². The van der Waals surface area contributed by atoms with Crippen molar-refractivity contribution in [2.45, 2.75) is 13.0 Å². The number of rotatable bonds is 6. The summed E-state index contributed by atoms with van der Waals surface area (Å²) < 4.78 is 30.3. The number of thiophene rings is 1. The van der Waals surface area contributed by atoms with Crippen LogP contribution in [-0.2, 0) is 6.54 Å². The summed E-state index contributed by atoms with van der Waals surface area (Å²) in [6, 6.07) is 5.30. The summed E-state index contributed by atoms with van der Waals surface area (Å²) in [6.07, 6.45) is 5.84. The van der Waals surface area contributed by atoms with Gasteiger partial charge in [-0.1, -0.05) is 22.9 Å². The summed E-state index contributed by atoms with van der Waals surface area (Å²) in [5.41, 5.74) is 0.0537. The average molecular weight is 439 g/mol. The molecule has 0 aliphatic carbocycles. The average Bonchev–Trinajstić information content (AvgIpc) is 3.38. The summed E-state index contributed by atoms with van der Waals surface area (Å²) in [7, 11) is 0. The molecule has 1 amide bonds. The van der Waals surface area contributed by atoms with Gasteiger partial charge >= 0.3 is 0 Å². The van der Waals surface area contributed by atoms with E-state index in [0.29, 0.717) is 38.6 Å². The zero-order valence-electron chi connectivity index (χ0n) is 14.3. The highest BCUT2D eigenvalue weighted by Crippen LogP contribution is 2.33. The third-order valence-corrected chi connectivity index (χ3v) is 6.26. The zero-order valence-corrected chi connectivity index (χ0v) is 16.7. The summed E-state index contributed by atoms with van der Waals surface area (Å²) in [5, 5.41) is 0.319. The van der Waals surface area contributed by atoms with Crippen molar-refractivity contribution in [3.63, 3.8) is 0 Å². The fourth-order valence-electron chi connectivity index (χ4n) is 2.74. The third-order valence-electron chi connectivity index (χ3n) is 4.02. The molecule has 4 aromatic rings. The lowest BCUT2D eigenvalue weighted by atomic mass is 10.3. The molecule has 4 rings (SSSR count). The molecule has 144 valence electrons. The first-order valence-corrected chi connectivity index (χ1v) is 10.3. The summed E-state index contributed by atoms with van der Waals surface area (Å²) in [4.78, 5) is 23.2. The van der Waals surface area contributed by atoms with Gasteiger partial charge in [0.05, 0.1) is 20.2 Å². The Kier molecular flexibility index (Phi) is 5.38. The number of fused-ring (bicyclic) bond motifs is 1. The predicted octanol–water partition coefficient (Wildman–Crippen LogP) is 5.22. The lowest BCUT2D eigenvalue weighted by Crippen LogP contribution is -2.31. The third kappa shape index (κ3) is 3.91. The first-order chi connectivity index (χ1) is 13.5. The number of thiazole rings is 1. The fourth-order valence-corrected chi connectivity index (χ4v) is 4.76. The molecule has 1 aromatic carbocycles. The van der Waals surface area contributed by atoms with Gasteiger partial charge in [-0.05, 0) is 24.6 Å². The maximum Gasteiger partial charge on any atom is 0.270 e. The standard InChI is InChI=1S/C18H13ClF2N4OS2/c19-15-3-2-13(27-15)17(26)25(6-1-5-24-7-4-22-10-24)18-23-16-12(21)8-11(20)9-14(16)28-18/h2-4,7-10H,1,5-6H2. The van der Waals surface area contributed by atoms with Crippen molar-refractivity contribution in [1.29, 1.82) is 0 Å². The van der Waals surface area contributed by atoms with Gasteiger partial charge in [0, 0.05) is 31.5 Å². The molecule has 0 saturated heterocycles. The van der Waals surface area contributed by atoms with E-state index in [2.05, 4.69) is 9.97 Å². The second-order valence-corrected chi connectivity index (χ2v) is 8.67. The number of anilines is 1. The maximum atomic E-state index is 14.1. The van der Waals surface area contributed by atoms with Crippen molar-refractivity contribution in [1.82, 2.24) is 14.5 Å². The number of carbonyl (C=O) groups excluding carboxylic acids is 1. The second kappa shape index (κ2) is 7.94. The van der Waals surface area contributed by atoms with Crippen LogP contribution in [-0.4, -0.2) is 27.0 Å². The van der Waals surface area contributed by atoms with Crippen molar-refractivity contribution >= 4 is 55.5 Å². The van der Waals surface area contributed by atoms with Gasteiger partial charge in [-0.15, -0.1) is 11.3 Å². The van der Waals surface area contributed by atoms with Gasteiger partial charge in [0.2, 0.25) is 0 Å². The van der Waals surface area contributed by atoms with Crippen LogP contribution >= 0.6 is 34.3 Å². The first kappa shape index (κ1) is 19.0. The molecule has 0 unspecified atom stereocenters. The van der Waals surface area contributed by atoms with E-state index in [9.17, 15) is 13.6 Å². The van der Waals surface area contributed by atoms with Crippen molar-refractivity contribution in [3.8, 4) is 0 Å². The van der Waals surface area contributed by atoms with Gasteiger partial charge in [-0.25, -0.2) is 18.7 Å². The highest BCUT2D eigenvalue weighted by atomic mass is 35.5. The summed E-state index contributed by atoms with van der Waals surface area (Å²) in [6.45, 7) is 1.01. The van der Waals surface area contributed by atoms with Gasteiger partial charge in [-0.3, -0.25) is 9.69 Å². The first-order valence-electron chi connectivity index (χ1n) is 8.30. The topological polar surface area (TPSA) is 51.0 Å². The Bertz CT molecular complexity index is 1130. The number of halogens is 3. The van der Waals surface area contributed by atoms with Crippen LogP contribution < -0.4 is 4.90 Å². The maximum absolute atomic E-state index is 14.1. The molecule has 3 heterocycles. The number of amides is 1. The molecule has 0 fully saturated rings. The van der Waals surface area contributed by atoms with Crippen LogP contribution in [0.2, 0.25) is 4.34 Å². The smallest absolute Gasteiger partial charge is 0.270 e. The van der Waals surface area contributed by atoms with Crippen LogP contribution in [0.1, 0.15) is 16.1 Å². The Morgan fingerprint density at radius 1 is 1.25 bits per heavy atom. The number of aryl methyl sites for hydroxylation is 1. The summed E-state index contributed by atoms with van der Waals surface area (Å²) >= 11 is 8.20. The monoisotopic (exact) mass is 438 g/mol. The number of imidazole rings is 1. The van der Waals surface area contributed by atoms with Gasteiger partial charge < -0.3 is 4.57 Å². The lowest BCUT2D eigenvalue weighted by Gasteiger charge is -2.19. The molecule has 0 spiro atoms. The minimum absolute atomic E-state index is 0.0537. The molecule has 5 nitrogen and oxygen atoms in total. The highest BCUT2D eigenvalue weighted by molar-refractivity contribution is 7.22. The van der Waals surface area contributed by atoms with Gasteiger partial charge in [0.15, 0.2) is 10.9 Å². The van der Waals surface area contributed by atoms with Gasteiger partial charge in [0.25, 0.3) is 5.91 Å². The van der Waals surface area contributed by atoms with Gasteiger partial charge in [0.1, 0.15) is 11.3 Å². The van der Waals surface area contributed by atoms with Crippen LogP contribution in [0.15, 0.2) is 43.0 Å². The Hall–Kier alpha value is -2.36. The van der Waals surface area contributed by atoms with E-state index in [0.717, 1.165) is 28.7 Å². The molecule has 3 aromatic heterocycles. The minimum atomic E-state index is -0.748. The van der Waals surface area contributed by atoms with E-state index in [1.54, 1.807) is 24.7 Å². The SMILES string of the molecule is O=C(c1ccc(Cl)s1)N(CCCn1ccnc1)c1nc2c(F)cc(F)cc2s1. The molecular weight excluding hydrogens is 426 g/mol. The number of benzene rings is 1. The highest BCUT2D eigenvalue weighted by Gasteiger charge is 2.23. The molecule has 0 N–H and O–H groups in total. The van der Waals surface area contributed by atoms with Crippen molar-refractivity contribution < 1.29 is 13.6 Å². The number of carbonyl (C=O) groups is 1. The van der Waals surface area contributed by atoms with Crippen LogP contribution in [0.4, 0.5) is 13.9 Å². The number of hydrogen-bond donors (Lipinski definition) is 0. The largest absolute Gasteiger partial charge is 0.337 e. The number of nitrogens with zero attached hydrogens (tertiary/aromatic N) is 4. The van der Waals surface area contributed by atoms with E-state index >= 15 is 0 Å². The molecule has 0 atom stereocenters. The van der Waals surface area contributed by atoms with E-state index < -0.39 is 11.6 Å². The van der Waals surface area contributed by atoms with Gasteiger partial charge in [-0.2, -0.15) is 0 Å². The Morgan fingerprint density at radius 2 is 2.11 bits per heavy atom. The van der Waals surface area contributed by atoms with Crippen molar-refractivity contribution in [2.24, 2.45) is 0 Å². The van der Waals surface area contributed by atoms with Crippen LogP contribution in [0, 0.1) is 11.6 Å². The van der Waals surface area contributed by atoms with E-state index in [4.69, 9.17) is 11.6 Å². The molecule has 10 heteroatoms. The van der Waals surface area contributed by atoms with Crippen LogP contribution in [0.25, 0.3) is 10.2 Å². The number of hydrogen-bond acceptors (Lipinski definition) is 5. The van der Waals surface area contributed by atoms with Crippen molar-refractivity contribution in [2.75, 3.05) is 11.4 Å².